The van der Waals surface area contributed by atoms with Crippen LogP contribution in [0.15, 0.2) is 164 Å². The lowest BCUT2D eigenvalue weighted by molar-refractivity contribution is 1.08. The second-order valence-electron chi connectivity index (χ2n) is 12.4. The minimum atomic E-state index is 0.649. The van der Waals surface area contributed by atoms with Crippen molar-refractivity contribution in [3.8, 4) is 45.3 Å². The maximum Gasteiger partial charge on any atom is 0.165 e. The molecule has 2 aromatic heterocycles. The fraction of sp³-hybridized carbons (Fsp3) is 0. The Morgan fingerprint density at radius 3 is 1.80 bits per heavy atom. The molecule has 0 saturated carbocycles. The Hall–Kier alpha value is -6.23. The molecule has 0 aliphatic carbocycles. The van der Waals surface area contributed by atoms with Crippen molar-refractivity contribution in [2.45, 2.75) is 0 Å². The van der Waals surface area contributed by atoms with Crippen LogP contribution in [0.3, 0.4) is 0 Å². The van der Waals surface area contributed by atoms with Crippen LogP contribution in [0.2, 0.25) is 0 Å². The van der Waals surface area contributed by atoms with E-state index in [2.05, 4.69) is 146 Å². The van der Waals surface area contributed by atoms with Crippen LogP contribution in [0.5, 0.6) is 0 Å². The Kier molecular flexibility index (Phi) is 6.36. The molecule has 228 valence electrons. The predicted octanol–water partition coefficient (Wildman–Crippen LogP) is 12.4. The van der Waals surface area contributed by atoms with E-state index in [4.69, 9.17) is 15.0 Å². The first-order chi connectivity index (χ1) is 24.3. The quantitative estimate of drug-likeness (QED) is 0.142. The summed E-state index contributed by atoms with van der Waals surface area (Å²) in [4.78, 5) is 15.6. The standard InChI is InChI=1S/C45H27N3S/c1-2-12-29(13-3-1)43-46-44(33-16-10-15-30(25-33)31-22-23-37-36-19-8-9-20-40(36)49-41(37)27-31)48-45(47-43)42-35-18-7-5-14-32(35)26-39-34-17-6-4-11-28(34)21-24-38(39)42/h1-27H. The van der Waals surface area contributed by atoms with Crippen molar-refractivity contribution in [2.24, 2.45) is 0 Å². The van der Waals surface area contributed by atoms with Gasteiger partial charge >= 0.3 is 0 Å². The molecule has 10 aromatic rings. The average molecular weight is 642 g/mol. The van der Waals surface area contributed by atoms with Gasteiger partial charge < -0.3 is 0 Å². The summed E-state index contributed by atoms with van der Waals surface area (Å²) in [5.74, 6) is 1.97. The van der Waals surface area contributed by atoms with Crippen molar-refractivity contribution in [1.29, 1.82) is 0 Å². The van der Waals surface area contributed by atoms with E-state index in [1.54, 1.807) is 0 Å². The van der Waals surface area contributed by atoms with Gasteiger partial charge in [-0.1, -0.05) is 140 Å². The number of aromatic nitrogens is 3. The summed E-state index contributed by atoms with van der Waals surface area (Å²) in [6, 6.07) is 58.0. The summed E-state index contributed by atoms with van der Waals surface area (Å²) in [6.07, 6.45) is 0. The number of hydrogen-bond acceptors (Lipinski definition) is 4. The molecule has 4 heteroatoms. The molecule has 49 heavy (non-hydrogen) atoms. The van der Waals surface area contributed by atoms with Gasteiger partial charge in [0.15, 0.2) is 17.5 Å². The lowest BCUT2D eigenvalue weighted by Gasteiger charge is -2.15. The number of rotatable bonds is 4. The highest BCUT2D eigenvalue weighted by Gasteiger charge is 2.18. The Balaban J connectivity index is 1.20. The molecule has 0 spiro atoms. The second kappa shape index (κ2) is 11.2. The molecule has 2 heterocycles. The largest absolute Gasteiger partial charge is 0.208 e. The molecule has 10 rings (SSSR count). The van der Waals surface area contributed by atoms with E-state index in [-0.39, 0.29) is 0 Å². The first-order valence-electron chi connectivity index (χ1n) is 16.4. The molecular formula is C45H27N3S. The van der Waals surface area contributed by atoms with Crippen molar-refractivity contribution in [1.82, 2.24) is 15.0 Å². The fourth-order valence-corrected chi connectivity index (χ4v) is 8.28. The number of fused-ring (bicyclic) bond motifs is 7. The van der Waals surface area contributed by atoms with Gasteiger partial charge in [-0.25, -0.2) is 15.0 Å². The SMILES string of the molecule is c1ccc(-c2nc(-c3cccc(-c4ccc5c(c4)sc4ccccc45)c3)nc(-c3c4ccccc4cc4c3ccc3ccccc34)n2)cc1. The van der Waals surface area contributed by atoms with Gasteiger partial charge in [-0.05, 0) is 67.7 Å². The first kappa shape index (κ1) is 27.8. The van der Waals surface area contributed by atoms with E-state index in [0.717, 1.165) is 38.4 Å². The highest BCUT2D eigenvalue weighted by molar-refractivity contribution is 7.25. The van der Waals surface area contributed by atoms with Gasteiger partial charge in [0, 0.05) is 36.9 Å². The van der Waals surface area contributed by atoms with E-state index < -0.39 is 0 Å². The van der Waals surface area contributed by atoms with Crippen LogP contribution in [0.1, 0.15) is 0 Å². The summed E-state index contributed by atoms with van der Waals surface area (Å²) < 4.78 is 2.59. The molecule has 0 saturated heterocycles. The lowest BCUT2D eigenvalue weighted by Crippen LogP contribution is -2.01. The molecule has 0 bridgehead atoms. The number of benzene rings is 8. The summed E-state index contributed by atoms with van der Waals surface area (Å²) in [5, 5.41) is 9.62. The first-order valence-corrected chi connectivity index (χ1v) is 17.3. The van der Waals surface area contributed by atoms with Crippen LogP contribution in [-0.4, -0.2) is 15.0 Å². The summed E-state index contributed by atoms with van der Waals surface area (Å²) in [7, 11) is 0. The van der Waals surface area contributed by atoms with Crippen LogP contribution in [0.25, 0.3) is 97.8 Å². The van der Waals surface area contributed by atoms with Crippen LogP contribution in [0.4, 0.5) is 0 Å². The van der Waals surface area contributed by atoms with Crippen LogP contribution < -0.4 is 0 Å². The number of nitrogens with zero attached hydrogens (tertiary/aromatic N) is 3. The van der Waals surface area contributed by atoms with Crippen molar-refractivity contribution in [3.05, 3.63) is 164 Å². The van der Waals surface area contributed by atoms with Gasteiger partial charge in [-0.15, -0.1) is 11.3 Å². The van der Waals surface area contributed by atoms with Gasteiger partial charge in [0.05, 0.1) is 0 Å². The summed E-state index contributed by atoms with van der Waals surface area (Å²) in [6.45, 7) is 0. The van der Waals surface area contributed by atoms with Gasteiger partial charge in [0.25, 0.3) is 0 Å². The van der Waals surface area contributed by atoms with Crippen molar-refractivity contribution < 1.29 is 0 Å². The van der Waals surface area contributed by atoms with Gasteiger partial charge in [-0.2, -0.15) is 0 Å². The average Bonchev–Trinajstić information content (AvgIpc) is 3.55. The minimum absolute atomic E-state index is 0.649. The molecule has 0 atom stereocenters. The molecular weight excluding hydrogens is 615 g/mol. The Labute approximate surface area is 286 Å². The third kappa shape index (κ3) is 4.68. The fourth-order valence-electron chi connectivity index (χ4n) is 7.14. The molecule has 3 nitrogen and oxygen atoms in total. The van der Waals surface area contributed by atoms with Crippen LogP contribution in [0, 0.1) is 0 Å². The van der Waals surface area contributed by atoms with Crippen LogP contribution >= 0.6 is 11.3 Å². The highest BCUT2D eigenvalue weighted by atomic mass is 32.1. The topological polar surface area (TPSA) is 38.7 Å². The monoisotopic (exact) mass is 641 g/mol. The lowest BCUT2D eigenvalue weighted by atomic mass is 9.93. The molecule has 0 aliphatic rings. The van der Waals surface area contributed by atoms with E-state index in [1.165, 1.54) is 41.9 Å². The second-order valence-corrected chi connectivity index (χ2v) is 13.5. The maximum atomic E-state index is 5.27. The van der Waals surface area contributed by atoms with E-state index in [1.807, 2.05) is 29.5 Å². The minimum Gasteiger partial charge on any atom is -0.208 e. The molecule has 0 N–H and O–H groups in total. The number of hydrogen-bond donors (Lipinski definition) is 0. The number of thiophene rings is 1. The van der Waals surface area contributed by atoms with Gasteiger partial charge in [0.2, 0.25) is 0 Å². The van der Waals surface area contributed by atoms with Crippen molar-refractivity contribution in [3.63, 3.8) is 0 Å². The van der Waals surface area contributed by atoms with Gasteiger partial charge in [0.1, 0.15) is 0 Å². The summed E-state index contributed by atoms with van der Waals surface area (Å²) >= 11 is 1.84. The van der Waals surface area contributed by atoms with E-state index in [0.29, 0.717) is 17.5 Å². The normalized spacial score (nSPS) is 11.7. The highest BCUT2D eigenvalue weighted by Crippen LogP contribution is 2.40. The van der Waals surface area contributed by atoms with E-state index >= 15 is 0 Å². The third-order valence-electron chi connectivity index (χ3n) is 9.49. The van der Waals surface area contributed by atoms with E-state index in [9.17, 15) is 0 Å². The van der Waals surface area contributed by atoms with Gasteiger partial charge in [-0.3, -0.25) is 0 Å². The molecule has 0 unspecified atom stereocenters. The smallest absolute Gasteiger partial charge is 0.165 e. The van der Waals surface area contributed by atoms with Crippen LogP contribution in [-0.2, 0) is 0 Å². The Morgan fingerprint density at radius 1 is 0.306 bits per heavy atom. The molecule has 0 amide bonds. The zero-order valence-corrected chi connectivity index (χ0v) is 27.2. The molecule has 8 aromatic carbocycles. The molecule has 0 fully saturated rings. The van der Waals surface area contributed by atoms with Crippen molar-refractivity contribution >= 4 is 63.8 Å². The maximum absolute atomic E-state index is 5.27. The molecule has 0 aliphatic heterocycles. The zero-order chi connectivity index (χ0) is 32.3. The Morgan fingerprint density at radius 2 is 0.918 bits per heavy atom. The Bertz CT molecular complexity index is 2890. The predicted molar refractivity (Wildman–Crippen MR) is 207 cm³/mol. The third-order valence-corrected chi connectivity index (χ3v) is 10.6. The molecule has 0 radical (unpaired) electrons. The summed E-state index contributed by atoms with van der Waals surface area (Å²) in [5.41, 5.74) is 5.22. The zero-order valence-electron chi connectivity index (χ0n) is 26.3. The van der Waals surface area contributed by atoms with Crippen molar-refractivity contribution in [2.75, 3.05) is 0 Å².